The second-order valence-corrected chi connectivity index (χ2v) is 5.00. The number of aromatic nitrogens is 1. The average molecular weight is 325 g/mol. The summed E-state index contributed by atoms with van der Waals surface area (Å²) in [4.78, 5) is 5.58. The van der Waals surface area contributed by atoms with Crippen LogP contribution < -0.4 is 4.90 Å². The highest BCUT2D eigenvalue weighted by molar-refractivity contribution is 9.09. The van der Waals surface area contributed by atoms with Gasteiger partial charge in [0.15, 0.2) is 0 Å². The van der Waals surface area contributed by atoms with Crippen molar-refractivity contribution < 1.29 is 13.2 Å². The fourth-order valence-electron chi connectivity index (χ4n) is 1.61. The lowest BCUT2D eigenvalue weighted by atomic mass is 10.2. The van der Waals surface area contributed by atoms with Crippen LogP contribution >= 0.6 is 15.9 Å². The molecule has 0 radical (unpaired) electrons. The number of pyridine rings is 1. The molecule has 0 aliphatic rings. The molecule has 6 heteroatoms. The third-order valence-electron chi connectivity index (χ3n) is 2.48. The molecule has 0 bridgehead atoms. The van der Waals surface area contributed by atoms with Crippen LogP contribution in [0.3, 0.4) is 0 Å². The van der Waals surface area contributed by atoms with E-state index in [1.54, 1.807) is 6.07 Å². The Bertz CT molecular complexity index is 380. The van der Waals surface area contributed by atoms with Gasteiger partial charge in [-0.3, -0.25) is 0 Å². The summed E-state index contributed by atoms with van der Waals surface area (Å²) in [5.41, 5.74) is -0.843. The topological polar surface area (TPSA) is 16.1 Å². The molecular formula is C12H16BrF3N2. The van der Waals surface area contributed by atoms with Crippen LogP contribution in [0.25, 0.3) is 0 Å². The number of hydrogen-bond donors (Lipinski definition) is 0. The molecule has 102 valence electrons. The number of rotatable bonds is 5. The minimum absolute atomic E-state index is 0.111. The van der Waals surface area contributed by atoms with Crippen LogP contribution in [0.5, 0.6) is 0 Å². The molecule has 0 atom stereocenters. The van der Waals surface area contributed by atoms with Gasteiger partial charge in [0.2, 0.25) is 0 Å². The first-order valence-corrected chi connectivity index (χ1v) is 6.85. The fourth-order valence-corrected chi connectivity index (χ4v) is 1.86. The standard InChI is InChI=1S/C12H16BrF3N2/c1-9(2)18(8-4-7-13)11-6-3-5-10(17-11)12(14,15)16/h3,5-6,9H,4,7-8H2,1-2H3. The minimum Gasteiger partial charge on any atom is -0.354 e. The Morgan fingerprint density at radius 1 is 1.33 bits per heavy atom. The van der Waals surface area contributed by atoms with E-state index < -0.39 is 11.9 Å². The van der Waals surface area contributed by atoms with Gasteiger partial charge in [-0.15, -0.1) is 0 Å². The summed E-state index contributed by atoms with van der Waals surface area (Å²) in [7, 11) is 0. The van der Waals surface area contributed by atoms with Gasteiger partial charge < -0.3 is 4.90 Å². The van der Waals surface area contributed by atoms with Crippen LogP contribution in [0, 0.1) is 0 Å². The highest BCUT2D eigenvalue weighted by atomic mass is 79.9. The predicted molar refractivity (Wildman–Crippen MR) is 70.1 cm³/mol. The zero-order valence-corrected chi connectivity index (χ0v) is 11.9. The quantitative estimate of drug-likeness (QED) is 0.758. The van der Waals surface area contributed by atoms with Crippen LogP contribution in [0.4, 0.5) is 19.0 Å². The van der Waals surface area contributed by atoms with Gasteiger partial charge in [-0.05, 0) is 32.4 Å². The number of anilines is 1. The van der Waals surface area contributed by atoms with E-state index in [2.05, 4.69) is 20.9 Å². The molecule has 1 aromatic rings. The SMILES string of the molecule is CC(C)N(CCCBr)c1cccc(C(F)(F)F)n1. The van der Waals surface area contributed by atoms with Crippen molar-refractivity contribution in [2.24, 2.45) is 0 Å². The second kappa shape index (κ2) is 6.41. The lowest BCUT2D eigenvalue weighted by Gasteiger charge is -2.28. The molecule has 0 unspecified atom stereocenters. The smallest absolute Gasteiger partial charge is 0.354 e. The molecule has 1 rings (SSSR count). The van der Waals surface area contributed by atoms with Gasteiger partial charge >= 0.3 is 6.18 Å². The summed E-state index contributed by atoms with van der Waals surface area (Å²) in [6, 6.07) is 4.12. The molecule has 2 nitrogen and oxygen atoms in total. The van der Waals surface area contributed by atoms with Crippen LogP contribution in [0.2, 0.25) is 0 Å². The molecular weight excluding hydrogens is 309 g/mol. The number of hydrogen-bond acceptors (Lipinski definition) is 2. The maximum atomic E-state index is 12.6. The van der Waals surface area contributed by atoms with Crippen molar-refractivity contribution in [1.29, 1.82) is 0 Å². The van der Waals surface area contributed by atoms with E-state index in [4.69, 9.17) is 0 Å². The first-order chi connectivity index (χ1) is 8.36. The van der Waals surface area contributed by atoms with Crippen molar-refractivity contribution in [3.8, 4) is 0 Å². The van der Waals surface area contributed by atoms with Crippen LogP contribution in [0.1, 0.15) is 26.0 Å². The van der Waals surface area contributed by atoms with Gasteiger partial charge in [-0.25, -0.2) is 4.98 Å². The van der Waals surface area contributed by atoms with Crippen molar-refractivity contribution in [3.63, 3.8) is 0 Å². The zero-order valence-electron chi connectivity index (χ0n) is 10.3. The van der Waals surface area contributed by atoms with Crippen molar-refractivity contribution in [2.75, 3.05) is 16.8 Å². The highest BCUT2D eigenvalue weighted by Gasteiger charge is 2.32. The molecule has 0 saturated heterocycles. The molecule has 0 N–H and O–H groups in total. The molecule has 0 aromatic carbocycles. The van der Waals surface area contributed by atoms with E-state index in [1.165, 1.54) is 6.07 Å². The van der Waals surface area contributed by atoms with Gasteiger partial charge in [0.05, 0.1) is 0 Å². The lowest BCUT2D eigenvalue weighted by molar-refractivity contribution is -0.141. The van der Waals surface area contributed by atoms with Crippen molar-refractivity contribution >= 4 is 21.7 Å². The number of alkyl halides is 4. The molecule has 0 saturated carbocycles. The Morgan fingerprint density at radius 2 is 2.00 bits per heavy atom. The zero-order chi connectivity index (χ0) is 13.8. The molecule has 0 aliphatic heterocycles. The van der Waals surface area contributed by atoms with E-state index in [0.29, 0.717) is 12.4 Å². The van der Waals surface area contributed by atoms with Crippen LogP contribution in [0.15, 0.2) is 18.2 Å². The van der Waals surface area contributed by atoms with Crippen molar-refractivity contribution in [1.82, 2.24) is 4.98 Å². The Hall–Kier alpha value is -0.780. The first-order valence-electron chi connectivity index (χ1n) is 5.73. The van der Waals surface area contributed by atoms with Crippen molar-refractivity contribution in [3.05, 3.63) is 23.9 Å². The third kappa shape index (κ3) is 4.15. The van der Waals surface area contributed by atoms with E-state index in [1.807, 2.05) is 18.7 Å². The fraction of sp³-hybridized carbons (Fsp3) is 0.583. The average Bonchev–Trinajstić information content (AvgIpc) is 2.28. The van der Waals surface area contributed by atoms with E-state index in [0.717, 1.165) is 17.8 Å². The molecule has 0 amide bonds. The summed E-state index contributed by atoms with van der Waals surface area (Å²) < 4.78 is 37.8. The molecule has 1 aromatic heterocycles. The summed E-state index contributed by atoms with van der Waals surface area (Å²) in [5, 5.41) is 0.815. The molecule has 0 spiro atoms. The Labute approximate surface area is 113 Å². The molecule has 1 heterocycles. The third-order valence-corrected chi connectivity index (χ3v) is 3.04. The van der Waals surface area contributed by atoms with Gasteiger partial charge in [-0.1, -0.05) is 22.0 Å². The van der Waals surface area contributed by atoms with E-state index in [9.17, 15) is 13.2 Å². The summed E-state index contributed by atoms with van der Waals surface area (Å²) >= 11 is 3.32. The minimum atomic E-state index is -4.39. The van der Waals surface area contributed by atoms with E-state index >= 15 is 0 Å². The molecule has 0 aliphatic carbocycles. The van der Waals surface area contributed by atoms with Gasteiger partial charge in [0.25, 0.3) is 0 Å². The van der Waals surface area contributed by atoms with Crippen LogP contribution in [-0.4, -0.2) is 22.9 Å². The lowest BCUT2D eigenvalue weighted by Crippen LogP contribution is -2.33. The normalized spacial score (nSPS) is 11.9. The van der Waals surface area contributed by atoms with E-state index in [-0.39, 0.29) is 6.04 Å². The Kier molecular flexibility index (Phi) is 5.44. The maximum absolute atomic E-state index is 12.6. The monoisotopic (exact) mass is 324 g/mol. The Balaban J connectivity index is 2.98. The molecule has 18 heavy (non-hydrogen) atoms. The van der Waals surface area contributed by atoms with Crippen LogP contribution in [-0.2, 0) is 6.18 Å². The van der Waals surface area contributed by atoms with Gasteiger partial charge in [-0.2, -0.15) is 13.2 Å². The largest absolute Gasteiger partial charge is 0.433 e. The molecule has 0 fully saturated rings. The second-order valence-electron chi connectivity index (χ2n) is 4.21. The Morgan fingerprint density at radius 3 is 2.50 bits per heavy atom. The number of nitrogens with zero attached hydrogens (tertiary/aromatic N) is 2. The first kappa shape index (κ1) is 15.3. The van der Waals surface area contributed by atoms with Crippen molar-refractivity contribution in [2.45, 2.75) is 32.5 Å². The van der Waals surface area contributed by atoms with Gasteiger partial charge in [0, 0.05) is 17.9 Å². The number of halogens is 4. The van der Waals surface area contributed by atoms with Gasteiger partial charge in [0.1, 0.15) is 11.5 Å². The predicted octanol–water partition coefficient (Wildman–Crippen LogP) is 4.10. The maximum Gasteiger partial charge on any atom is 0.433 e. The summed E-state index contributed by atoms with van der Waals surface area (Å²) in [6.07, 6.45) is -3.54. The summed E-state index contributed by atoms with van der Waals surface area (Å²) in [5.74, 6) is 0.376. The summed E-state index contributed by atoms with van der Waals surface area (Å²) in [6.45, 7) is 4.56. The highest BCUT2D eigenvalue weighted by Crippen LogP contribution is 2.29.